The number of aromatic nitrogens is 2. The highest BCUT2D eigenvalue weighted by molar-refractivity contribution is 7.13. The van der Waals surface area contributed by atoms with Crippen molar-refractivity contribution in [3.63, 3.8) is 0 Å². The first kappa shape index (κ1) is 14.0. The summed E-state index contributed by atoms with van der Waals surface area (Å²) in [7, 11) is 0. The number of carbonyl (C=O) groups excluding carboxylic acids is 1. The number of aliphatic hydroxyl groups is 1. The standard InChI is InChI=1S/C14H13N3O2S2/c18-6-5-17-13(15-14(19)12-4-2-8-21-12)9-10(16-17)11-3-1-7-20-11/h1-4,7-9,18H,5-6H2,(H,15,19). The highest BCUT2D eigenvalue weighted by Crippen LogP contribution is 2.26. The molecule has 3 heterocycles. The number of hydrogen-bond acceptors (Lipinski definition) is 5. The second kappa shape index (κ2) is 6.21. The lowest BCUT2D eigenvalue weighted by atomic mass is 10.3. The number of aliphatic hydroxyl groups excluding tert-OH is 1. The van der Waals surface area contributed by atoms with E-state index in [4.69, 9.17) is 5.11 Å². The van der Waals surface area contributed by atoms with Gasteiger partial charge in [-0.25, -0.2) is 4.68 Å². The van der Waals surface area contributed by atoms with E-state index in [-0.39, 0.29) is 12.5 Å². The zero-order chi connectivity index (χ0) is 14.7. The zero-order valence-corrected chi connectivity index (χ0v) is 12.7. The average molecular weight is 319 g/mol. The van der Waals surface area contributed by atoms with Crippen LogP contribution >= 0.6 is 22.7 Å². The second-order valence-corrected chi connectivity index (χ2v) is 6.17. The van der Waals surface area contributed by atoms with E-state index in [1.807, 2.05) is 35.0 Å². The van der Waals surface area contributed by atoms with Crippen LogP contribution in [-0.4, -0.2) is 27.4 Å². The van der Waals surface area contributed by atoms with Crippen molar-refractivity contribution in [3.05, 3.63) is 46.0 Å². The van der Waals surface area contributed by atoms with Gasteiger partial charge in [0.05, 0.1) is 22.9 Å². The number of amides is 1. The van der Waals surface area contributed by atoms with Crippen LogP contribution in [0.2, 0.25) is 0 Å². The van der Waals surface area contributed by atoms with Crippen molar-refractivity contribution in [1.82, 2.24) is 9.78 Å². The second-order valence-electron chi connectivity index (χ2n) is 4.27. The first-order valence-corrected chi connectivity index (χ1v) is 8.11. The van der Waals surface area contributed by atoms with Gasteiger partial charge in [-0.05, 0) is 22.9 Å². The molecule has 1 amide bonds. The van der Waals surface area contributed by atoms with E-state index in [0.717, 1.165) is 10.6 Å². The minimum Gasteiger partial charge on any atom is -0.394 e. The van der Waals surface area contributed by atoms with Gasteiger partial charge in [-0.15, -0.1) is 22.7 Å². The summed E-state index contributed by atoms with van der Waals surface area (Å²) < 4.78 is 1.61. The van der Waals surface area contributed by atoms with Gasteiger partial charge in [-0.1, -0.05) is 12.1 Å². The fourth-order valence-corrected chi connectivity index (χ4v) is 3.21. The Labute approximate surface area is 129 Å². The maximum absolute atomic E-state index is 12.1. The molecule has 0 saturated carbocycles. The Morgan fingerprint density at radius 2 is 2.10 bits per heavy atom. The van der Waals surface area contributed by atoms with Crippen molar-refractivity contribution >= 4 is 34.4 Å². The Kier molecular flexibility index (Phi) is 4.14. The molecule has 0 bridgehead atoms. The van der Waals surface area contributed by atoms with Gasteiger partial charge in [0.2, 0.25) is 0 Å². The molecule has 0 saturated heterocycles. The van der Waals surface area contributed by atoms with Gasteiger partial charge in [0.15, 0.2) is 0 Å². The summed E-state index contributed by atoms with van der Waals surface area (Å²) in [6, 6.07) is 9.36. The maximum Gasteiger partial charge on any atom is 0.266 e. The average Bonchev–Trinajstić information content (AvgIpc) is 3.21. The van der Waals surface area contributed by atoms with E-state index < -0.39 is 0 Å². The van der Waals surface area contributed by atoms with E-state index >= 15 is 0 Å². The molecular weight excluding hydrogens is 306 g/mol. The van der Waals surface area contributed by atoms with Crippen LogP contribution in [0.15, 0.2) is 41.1 Å². The van der Waals surface area contributed by atoms with Gasteiger partial charge >= 0.3 is 0 Å². The molecule has 5 nitrogen and oxygen atoms in total. The minimum atomic E-state index is -0.165. The molecule has 0 aromatic carbocycles. The summed E-state index contributed by atoms with van der Waals surface area (Å²) in [6.45, 7) is 0.304. The first-order valence-electron chi connectivity index (χ1n) is 6.35. The number of hydrogen-bond donors (Lipinski definition) is 2. The third-order valence-corrected chi connectivity index (χ3v) is 4.61. The van der Waals surface area contributed by atoms with E-state index in [1.54, 1.807) is 22.1 Å². The Morgan fingerprint density at radius 1 is 1.29 bits per heavy atom. The number of anilines is 1. The van der Waals surface area contributed by atoms with Gasteiger partial charge in [0, 0.05) is 6.07 Å². The van der Waals surface area contributed by atoms with Crippen LogP contribution in [-0.2, 0) is 6.54 Å². The van der Waals surface area contributed by atoms with Gasteiger partial charge in [0.25, 0.3) is 5.91 Å². The number of carbonyl (C=O) groups is 1. The molecule has 2 N–H and O–H groups in total. The number of rotatable bonds is 5. The topological polar surface area (TPSA) is 67.2 Å². The molecule has 3 aromatic rings. The fraction of sp³-hybridized carbons (Fsp3) is 0.143. The Balaban J connectivity index is 1.88. The van der Waals surface area contributed by atoms with Crippen molar-refractivity contribution in [2.75, 3.05) is 11.9 Å². The number of nitrogens with zero attached hydrogens (tertiary/aromatic N) is 2. The quantitative estimate of drug-likeness (QED) is 0.760. The monoisotopic (exact) mass is 319 g/mol. The normalized spacial score (nSPS) is 10.7. The van der Waals surface area contributed by atoms with Crippen molar-refractivity contribution < 1.29 is 9.90 Å². The van der Waals surface area contributed by atoms with Gasteiger partial charge in [-0.2, -0.15) is 5.10 Å². The number of thiophene rings is 2. The van der Waals surface area contributed by atoms with Crippen LogP contribution in [0.1, 0.15) is 9.67 Å². The molecule has 108 valence electrons. The largest absolute Gasteiger partial charge is 0.394 e. The van der Waals surface area contributed by atoms with E-state index in [1.165, 1.54) is 11.3 Å². The van der Waals surface area contributed by atoms with Crippen LogP contribution < -0.4 is 5.32 Å². The first-order chi connectivity index (χ1) is 10.3. The summed E-state index contributed by atoms with van der Waals surface area (Å²) >= 11 is 2.97. The van der Waals surface area contributed by atoms with Crippen molar-refractivity contribution in [2.45, 2.75) is 6.54 Å². The lowest BCUT2D eigenvalue weighted by Crippen LogP contribution is -2.15. The Morgan fingerprint density at radius 3 is 2.76 bits per heavy atom. The van der Waals surface area contributed by atoms with Crippen molar-refractivity contribution in [1.29, 1.82) is 0 Å². The van der Waals surface area contributed by atoms with E-state index in [2.05, 4.69) is 10.4 Å². The molecule has 0 radical (unpaired) electrons. The molecule has 0 spiro atoms. The third kappa shape index (κ3) is 3.05. The SMILES string of the molecule is O=C(Nc1cc(-c2cccs2)nn1CCO)c1cccs1. The van der Waals surface area contributed by atoms with Gasteiger partial charge in [-0.3, -0.25) is 4.79 Å². The summed E-state index contributed by atoms with van der Waals surface area (Å²) in [6.07, 6.45) is 0. The predicted octanol–water partition coefficient (Wildman–Crippen LogP) is 2.92. The lowest BCUT2D eigenvalue weighted by Gasteiger charge is -2.06. The third-order valence-electron chi connectivity index (χ3n) is 2.85. The number of nitrogens with one attached hydrogen (secondary N) is 1. The van der Waals surface area contributed by atoms with Crippen LogP contribution in [0, 0.1) is 0 Å². The van der Waals surface area contributed by atoms with E-state index in [9.17, 15) is 4.79 Å². The molecule has 0 aliphatic heterocycles. The molecule has 7 heteroatoms. The molecule has 0 aliphatic carbocycles. The van der Waals surface area contributed by atoms with Crippen LogP contribution in [0.5, 0.6) is 0 Å². The van der Waals surface area contributed by atoms with Crippen LogP contribution in [0.4, 0.5) is 5.82 Å². The molecule has 0 unspecified atom stereocenters. The summed E-state index contributed by atoms with van der Waals surface area (Å²) in [5.74, 6) is 0.424. The molecule has 0 fully saturated rings. The fourth-order valence-electron chi connectivity index (χ4n) is 1.91. The predicted molar refractivity (Wildman–Crippen MR) is 84.9 cm³/mol. The van der Waals surface area contributed by atoms with E-state index in [0.29, 0.717) is 17.2 Å². The van der Waals surface area contributed by atoms with Crippen LogP contribution in [0.3, 0.4) is 0 Å². The van der Waals surface area contributed by atoms with Gasteiger partial charge < -0.3 is 10.4 Å². The molecule has 3 aromatic heterocycles. The summed E-state index contributed by atoms with van der Waals surface area (Å²) in [5, 5.41) is 20.2. The highest BCUT2D eigenvalue weighted by atomic mass is 32.1. The van der Waals surface area contributed by atoms with Crippen LogP contribution in [0.25, 0.3) is 10.6 Å². The molecule has 0 aliphatic rings. The molecule has 3 rings (SSSR count). The van der Waals surface area contributed by atoms with Crippen molar-refractivity contribution in [2.24, 2.45) is 0 Å². The zero-order valence-electron chi connectivity index (χ0n) is 11.0. The highest BCUT2D eigenvalue weighted by Gasteiger charge is 2.14. The summed E-state index contributed by atoms with van der Waals surface area (Å²) in [4.78, 5) is 13.8. The lowest BCUT2D eigenvalue weighted by molar-refractivity contribution is 0.102. The summed E-state index contributed by atoms with van der Waals surface area (Å²) in [5.41, 5.74) is 0.792. The van der Waals surface area contributed by atoms with Gasteiger partial charge in [0.1, 0.15) is 11.5 Å². The molecule has 0 atom stereocenters. The molecular formula is C14H13N3O2S2. The Bertz CT molecular complexity index is 718. The maximum atomic E-state index is 12.1. The smallest absolute Gasteiger partial charge is 0.266 e. The minimum absolute atomic E-state index is 0.0343. The van der Waals surface area contributed by atoms with Crippen molar-refractivity contribution in [3.8, 4) is 10.6 Å². The molecule has 21 heavy (non-hydrogen) atoms. The Hall–Kier alpha value is -1.96.